The number of carbonyl (C=O) groups excluding carboxylic acids is 1. The van der Waals surface area contributed by atoms with Gasteiger partial charge in [0.25, 0.3) is 0 Å². The molecular formula is C24H30N4O2. The van der Waals surface area contributed by atoms with Gasteiger partial charge < -0.3 is 14.2 Å². The predicted octanol–water partition coefficient (Wildman–Crippen LogP) is 4.04. The van der Waals surface area contributed by atoms with Crippen LogP contribution in [0.2, 0.25) is 0 Å². The number of fused-ring (bicyclic) bond motifs is 1. The van der Waals surface area contributed by atoms with Gasteiger partial charge in [-0.25, -0.2) is 9.97 Å². The molecule has 3 aromatic rings. The molecule has 1 fully saturated rings. The van der Waals surface area contributed by atoms with Gasteiger partial charge in [0.2, 0.25) is 5.91 Å². The van der Waals surface area contributed by atoms with Gasteiger partial charge in [0.1, 0.15) is 17.1 Å². The molecule has 0 unspecified atom stereocenters. The van der Waals surface area contributed by atoms with Crippen molar-refractivity contribution >= 4 is 17.1 Å². The summed E-state index contributed by atoms with van der Waals surface area (Å²) in [4.78, 5) is 24.2. The van der Waals surface area contributed by atoms with Gasteiger partial charge in [0, 0.05) is 38.2 Å². The number of aryl methyl sites for hydroxylation is 1. The van der Waals surface area contributed by atoms with Crippen LogP contribution in [0.1, 0.15) is 44.1 Å². The number of nitrogens with zero attached hydrogens (tertiary/aromatic N) is 4. The minimum atomic E-state index is 0.224. The zero-order valence-corrected chi connectivity index (χ0v) is 18.0. The third-order valence-electron chi connectivity index (χ3n) is 5.95. The van der Waals surface area contributed by atoms with Gasteiger partial charge >= 0.3 is 0 Å². The Labute approximate surface area is 177 Å². The number of hydrogen-bond acceptors (Lipinski definition) is 4. The fourth-order valence-corrected chi connectivity index (χ4v) is 4.46. The fourth-order valence-electron chi connectivity index (χ4n) is 4.46. The van der Waals surface area contributed by atoms with Crippen LogP contribution >= 0.6 is 0 Å². The molecule has 6 nitrogen and oxygen atoms in total. The highest BCUT2D eigenvalue weighted by Gasteiger charge is 2.28. The largest absolute Gasteiger partial charge is 0.496 e. The van der Waals surface area contributed by atoms with E-state index in [1.165, 1.54) is 0 Å². The van der Waals surface area contributed by atoms with Gasteiger partial charge in [0.15, 0.2) is 5.65 Å². The number of ether oxygens (including phenoxy) is 1. The standard InChI is InChI=1S/C24H30N4O2/c1-17(2)28-22(26-20-8-6-13-25-24(20)28)15-18-12-14-27(16-18)23(29)11-10-19-7-4-5-9-21(19)30-3/h4-9,13,17-18H,10-12,14-16H2,1-3H3/t18-/m1/s1. The number of amides is 1. The highest BCUT2D eigenvalue weighted by molar-refractivity contribution is 5.77. The molecule has 1 amide bonds. The Morgan fingerprint density at radius 3 is 2.87 bits per heavy atom. The van der Waals surface area contributed by atoms with Gasteiger partial charge in [-0.15, -0.1) is 0 Å². The zero-order valence-electron chi connectivity index (χ0n) is 18.0. The van der Waals surface area contributed by atoms with Crippen LogP contribution in [-0.4, -0.2) is 45.5 Å². The van der Waals surface area contributed by atoms with E-state index in [1.54, 1.807) is 7.11 Å². The number of hydrogen-bond donors (Lipinski definition) is 0. The second-order valence-electron chi connectivity index (χ2n) is 8.35. The highest BCUT2D eigenvalue weighted by Crippen LogP contribution is 2.26. The summed E-state index contributed by atoms with van der Waals surface area (Å²) in [6.07, 6.45) is 4.95. The molecule has 1 aliphatic rings. The molecule has 4 rings (SSSR count). The summed E-state index contributed by atoms with van der Waals surface area (Å²) in [5.74, 6) is 2.59. The number of carbonyl (C=O) groups is 1. The molecule has 1 aliphatic heterocycles. The molecule has 1 atom stereocenters. The Kier molecular flexibility index (Phi) is 6.02. The minimum absolute atomic E-state index is 0.224. The number of para-hydroxylation sites is 1. The first-order chi connectivity index (χ1) is 14.6. The molecule has 6 heteroatoms. The van der Waals surface area contributed by atoms with E-state index in [-0.39, 0.29) is 5.91 Å². The molecule has 0 N–H and O–H groups in total. The van der Waals surface area contributed by atoms with Crippen molar-refractivity contribution in [3.63, 3.8) is 0 Å². The first-order valence-electron chi connectivity index (χ1n) is 10.8. The van der Waals surface area contributed by atoms with Gasteiger partial charge in [0.05, 0.1) is 7.11 Å². The van der Waals surface area contributed by atoms with E-state index in [0.717, 1.165) is 54.2 Å². The van der Waals surface area contributed by atoms with Crippen LogP contribution < -0.4 is 4.74 Å². The number of aromatic nitrogens is 3. The van der Waals surface area contributed by atoms with Crippen molar-refractivity contribution in [1.29, 1.82) is 0 Å². The van der Waals surface area contributed by atoms with Crippen LogP contribution in [0.4, 0.5) is 0 Å². The summed E-state index contributed by atoms with van der Waals surface area (Å²) in [6, 6.07) is 12.2. The topological polar surface area (TPSA) is 60.2 Å². The normalized spacial score (nSPS) is 16.5. The van der Waals surface area contributed by atoms with Gasteiger partial charge in [-0.3, -0.25) is 4.79 Å². The van der Waals surface area contributed by atoms with Crippen molar-refractivity contribution in [3.8, 4) is 5.75 Å². The molecule has 0 spiro atoms. The minimum Gasteiger partial charge on any atom is -0.496 e. The van der Waals surface area contributed by atoms with Crippen molar-refractivity contribution in [2.75, 3.05) is 20.2 Å². The van der Waals surface area contributed by atoms with E-state index in [0.29, 0.717) is 24.8 Å². The van der Waals surface area contributed by atoms with E-state index >= 15 is 0 Å². The Hall–Kier alpha value is -2.89. The van der Waals surface area contributed by atoms with E-state index in [4.69, 9.17) is 9.72 Å². The van der Waals surface area contributed by atoms with Crippen LogP contribution in [0.3, 0.4) is 0 Å². The Morgan fingerprint density at radius 1 is 1.23 bits per heavy atom. The Morgan fingerprint density at radius 2 is 2.07 bits per heavy atom. The summed E-state index contributed by atoms with van der Waals surface area (Å²) in [6.45, 7) is 5.97. The first-order valence-corrected chi connectivity index (χ1v) is 10.8. The quantitative estimate of drug-likeness (QED) is 0.594. The second-order valence-corrected chi connectivity index (χ2v) is 8.35. The van der Waals surface area contributed by atoms with Crippen molar-refractivity contribution < 1.29 is 9.53 Å². The maximum atomic E-state index is 12.8. The molecule has 158 valence electrons. The summed E-state index contributed by atoms with van der Waals surface area (Å²) in [7, 11) is 1.67. The van der Waals surface area contributed by atoms with E-state index in [1.807, 2.05) is 47.5 Å². The fraction of sp³-hybridized carbons (Fsp3) is 0.458. The van der Waals surface area contributed by atoms with Gasteiger partial charge in [-0.1, -0.05) is 18.2 Å². The number of imidazole rings is 1. The van der Waals surface area contributed by atoms with E-state index in [2.05, 4.69) is 23.4 Å². The van der Waals surface area contributed by atoms with Crippen LogP contribution in [0, 0.1) is 5.92 Å². The lowest BCUT2D eigenvalue weighted by molar-refractivity contribution is -0.130. The number of rotatable bonds is 7. The average Bonchev–Trinajstić information content (AvgIpc) is 3.36. The molecule has 1 aromatic carbocycles. The van der Waals surface area contributed by atoms with E-state index in [9.17, 15) is 4.79 Å². The highest BCUT2D eigenvalue weighted by atomic mass is 16.5. The molecule has 0 radical (unpaired) electrons. The van der Waals surface area contributed by atoms with Crippen LogP contribution in [0.15, 0.2) is 42.6 Å². The van der Waals surface area contributed by atoms with Crippen molar-refractivity contribution in [2.45, 2.75) is 45.6 Å². The lowest BCUT2D eigenvalue weighted by Gasteiger charge is -2.18. The summed E-state index contributed by atoms with van der Waals surface area (Å²) >= 11 is 0. The molecule has 1 saturated heterocycles. The second kappa shape index (κ2) is 8.86. The van der Waals surface area contributed by atoms with Crippen LogP contribution in [-0.2, 0) is 17.6 Å². The SMILES string of the molecule is COc1ccccc1CCC(=O)N1CC[C@H](Cc2nc3cccnc3n2C(C)C)C1. The van der Waals surface area contributed by atoms with Crippen LogP contribution in [0.25, 0.3) is 11.2 Å². The van der Waals surface area contributed by atoms with Crippen molar-refractivity contribution in [1.82, 2.24) is 19.4 Å². The molecular weight excluding hydrogens is 376 g/mol. The summed E-state index contributed by atoms with van der Waals surface area (Å²) in [5.41, 5.74) is 2.98. The molecule has 2 aromatic heterocycles. The predicted molar refractivity (Wildman–Crippen MR) is 118 cm³/mol. The Balaban J connectivity index is 1.38. The third-order valence-corrected chi connectivity index (χ3v) is 5.95. The van der Waals surface area contributed by atoms with Crippen molar-refractivity contribution in [3.05, 3.63) is 54.0 Å². The van der Waals surface area contributed by atoms with Gasteiger partial charge in [-0.05, 0) is 56.4 Å². The molecule has 30 heavy (non-hydrogen) atoms. The van der Waals surface area contributed by atoms with Crippen LogP contribution in [0.5, 0.6) is 5.75 Å². The lowest BCUT2D eigenvalue weighted by Crippen LogP contribution is -2.29. The molecule has 0 saturated carbocycles. The molecule has 3 heterocycles. The number of pyridine rings is 1. The van der Waals surface area contributed by atoms with E-state index < -0.39 is 0 Å². The molecule has 0 bridgehead atoms. The number of likely N-dealkylation sites (tertiary alicyclic amines) is 1. The number of benzene rings is 1. The third kappa shape index (κ3) is 4.18. The number of methoxy groups -OCH3 is 1. The maximum Gasteiger partial charge on any atom is 0.222 e. The average molecular weight is 407 g/mol. The van der Waals surface area contributed by atoms with Gasteiger partial charge in [-0.2, -0.15) is 0 Å². The Bertz CT molecular complexity index is 1030. The zero-order chi connectivity index (χ0) is 21.1. The summed E-state index contributed by atoms with van der Waals surface area (Å²) < 4.78 is 7.64. The lowest BCUT2D eigenvalue weighted by atomic mass is 10.0. The summed E-state index contributed by atoms with van der Waals surface area (Å²) in [5, 5.41) is 0. The smallest absolute Gasteiger partial charge is 0.222 e. The first kappa shape index (κ1) is 20.4. The van der Waals surface area contributed by atoms with Crippen molar-refractivity contribution in [2.24, 2.45) is 5.92 Å². The molecule has 0 aliphatic carbocycles. The monoisotopic (exact) mass is 406 g/mol. The maximum absolute atomic E-state index is 12.8.